The molecule has 0 spiro atoms. The van der Waals surface area contributed by atoms with E-state index >= 15 is 0 Å². The first-order valence-electron chi connectivity index (χ1n) is 5.03. The molecule has 1 unspecified atom stereocenters. The first-order chi connectivity index (χ1) is 5.88. The van der Waals surface area contributed by atoms with Gasteiger partial charge in [-0.2, -0.15) is 0 Å². The fourth-order valence-corrected chi connectivity index (χ4v) is 1.84. The average molecular weight is 168 g/mol. The number of rotatable bonds is 3. The van der Waals surface area contributed by atoms with Gasteiger partial charge in [0.2, 0.25) is 0 Å². The van der Waals surface area contributed by atoms with Crippen molar-refractivity contribution < 1.29 is 0 Å². The first-order valence-corrected chi connectivity index (χ1v) is 5.03. The summed E-state index contributed by atoms with van der Waals surface area (Å²) in [4.78, 5) is 0. The van der Waals surface area contributed by atoms with Crippen molar-refractivity contribution in [1.82, 2.24) is 5.43 Å². The van der Waals surface area contributed by atoms with E-state index in [-0.39, 0.29) is 0 Å². The SMILES string of the molecule is CCC(NN)C1=CCCCCC1. The molecule has 0 aromatic heterocycles. The minimum Gasteiger partial charge on any atom is -0.271 e. The highest BCUT2D eigenvalue weighted by atomic mass is 15.2. The smallest absolute Gasteiger partial charge is 0.0417 e. The zero-order valence-electron chi connectivity index (χ0n) is 7.97. The van der Waals surface area contributed by atoms with Crippen molar-refractivity contribution in [3.05, 3.63) is 11.6 Å². The molecule has 0 radical (unpaired) electrons. The molecular weight excluding hydrogens is 148 g/mol. The van der Waals surface area contributed by atoms with Gasteiger partial charge in [-0.3, -0.25) is 11.3 Å². The summed E-state index contributed by atoms with van der Waals surface area (Å²) in [6, 6.07) is 0.420. The summed E-state index contributed by atoms with van der Waals surface area (Å²) in [5.74, 6) is 5.47. The van der Waals surface area contributed by atoms with Crippen LogP contribution in [-0.4, -0.2) is 6.04 Å². The van der Waals surface area contributed by atoms with Crippen LogP contribution >= 0.6 is 0 Å². The molecule has 1 aliphatic carbocycles. The molecule has 2 heteroatoms. The Bertz CT molecular complexity index is 148. The highest BCUT2D eigenvalue weighted by Gasteiger charge is 2.11. The predicted molar refractivity (Wildman–Crippen MR) is 52.6 cm³/mol. The lowest BCUT2D eigenvalue weighted by molar-refractivity contribution is 0.553. The Labute approximate surface area is 75.2 Å². The second-order valence-electron chi connectivity index (χ2n) is 3.51. The van der Waals surface area contributed by atoms with Crippen molar-refractivity contribution in [2.75, 3.05) is 0 Å². The summed E-state index contributed by atoms with van der Waals surface area (Å²) >= 11 is 0. The first kappa shape index (κ1) is 9.75. The molecule has 0 fully saturated rings. The van der Waals surface area contributed by atoms with Crippen LogP contribution < -0.4 is 11.3 Å². The van der Waals surface area contributed by atoms with E-state index < -0.39 is 0 Å². The highest BCUT2D eigenvalue weighted by molar-refractivity contribution is 5.11. The highest BCUT2D eigenvalue weighted by Crippen LogP contribution is 2.20. The van der Waals surface area contributed by atoms with E-state index in [1.54, 1.807) is 0 Å². The zero-order valence-corrected chi connectivity index (χ0v) is 7.97. The quantitative estimate of drug-likeness (QED) is 0.385. The summed E-state index contributed by atoms with van der Waals surface area (Å²) in [5.41, 5.74) is 4.41. The molecule has 0 amide bonds. The van der Waals surface area contributed by atoms with Crippen LogP contribution in [0.3, 0.4) is 0 Å². The molecule has 0 heterocycles. The van der Waals surface area contributed by atoms with Crippen molar-refractivity contribution in [2.45, 2.75) is 51.5 Å². The number of hydrogen-bond donors (Lipinski definition) is 2. The van der Waals surface area contributed by atoms with Gasteiger partial charge in [0.15, 0.2) is 0 Å². The molecule has 12 heavy (non-hydrogen) atoms. The van der Waals surface area contributed by atoms with E-state index in [9.17, 15) is 0 Å². The summed E-state index contributed by atoms with van der Waals surface area (Å²) < 4.78 is 0. The maximum absolute atomic E-state index is 5.47. The van der Waals surface area contributed by atoms with Crippen molar-refractivity contribution in [2.24, 2.45) is 5.84 Å². The second-order valence-corrected chi connectivity index (χ2v) is 3.51. The summed E-state index contributed by atoms with van der Waals surface area (Å²) in [5, 5.41) is 0. The topological polar surface area (TPSA) is 38.0 Å². The van der Waals surface area contributed by atoms with Crippen LogP contribution in [0.25, 0.3) is 0 Å². The van der Waals surface area contributed by atoms with E-state index in [0.717, 1.165) is 6.42 Å². The van der Waals surface area contributed by atoms with Crippen molar-refractivity contribution in [3.8, 4) is 0 Å². The minimum absolute atomic E-state index is 0.420. The van der Waals surface area contributed by atoms with Gasteiger partial charge in [0.1, 0.15) is 0 Å². The van der Waals surface area contributed by atoms with Crippen LogP contribution in [-0.2, 0) is 0 Å². The molecule has 0 bridgehead atoms. The van der Waals surface area contributed by atoms with E-state index in [4.69, 9.17) is 5.84 Å². The average Bonchev–Trinajstić information content (AvgIpc) is 2.35. The fraction of sp³-hybridized carbons (Fsp3) is 0.800. The molecule has 0 aromatic rings. The van der Waals surface area contributed by atoms with Crippen LogP contribution in [0, 0.1) is 0 Å². The molecule has 0 aliphatic heterocycles. The summed E-state index contributed by atoms with van der Waals surface area (Å²) in [6.45, 7) is 2.18. The van der Waals surface area contributed by atoms with Crippen LogP contribution in [0.2, 0.25) is 0 Å². The van der Waals surface area contributed by atoms with Gasteiger partial charge >= 0.3 is 0 Å². The second kappa shape index (κ2) is 5.33. The molecule has 1 aliphatic rings. The fourth-order valence-electron chi connectivity index (χ4n) is 1.84. The van der Waals surface area contributed by atoms with Crippen LogP contribution in [0.15, 0.2) is 11.6 Å². The molecule has 1 atom stereocenters. The lowest BCUT2D eigenvalue weighted by Gasteiger charge is -2.16. The van der Waals surface area contributed by atoms with E-state index in [0.29, 0.717) is 6.04 Å². The molecule has 0 aromatic carbocycles. The van der Waals surface area contributed by atoms with Gasteiger partial charge in [-0.15, -0.1) is 0 Å². The van der Waals surface area contributed by atoms with Gasteiger partial charge in [-0.05, 0) is 32.1 Å². The van der Waals surface area contributed by atoms with Gasteiger partial charge in [-0.25, -0.2) is 0 Å². The molecular formula is C10H20N2. The lowest BCUT2D eigenvalue weighted by Crippen LogP contribution is -2.36. The third kappa shape index (κ3) is 2.61. The molecule has 70 valence electrons. The van der Waals surface area contributed by atoms with Gasteiger partial charge < -0.3 is 0 Å². The zero-order chi connectivity index (χ0) is 8.81. The third-order valence-electron chi connectivity index (χ3n) is 2.63. The minimum atomic E-state index is 0.420. The van der Waals surface area contributed by atoms with E-state index in [1.165, 1.54) is 37.7 Å². The number of nitrogens with one attached hydrogen (secondary N) is 1. The van der Waals surface area contributed by atoms with Gasteiger partial charge in [0, 0.05) is 6.04 Å². The normalized spacial score (nSPS) is 21.3. The number of hydrazine groups is 1. The molecule has 0 saturated carbocycles. The molecule has 2 nitrogen and oxygen atoms in total. The molecule has 0 saturated heterocycles. The summed E-state index contributed by atoms with van der Waals surface area (Å²) in [7, 11) is 0. The van der Waals surface area contributed by atoms with Crippen LogP contribution in [0.5, 0.6) is 0 Å². The van der Waals surface area contributed by atoms with Crippen molar-refractivity contribution in [3.63, 3.8) is 0 Å². The summed E-state index contributed by atoms with van der Waals surface area (Å²) in [6.07, 6.45) is 10.0. The Balaban J connectivity index is 2.50. The number of hydrogen-bond acceptors (Lipinski definition) is 2. The number of allylic oxidation sites excluding steroid dienone is 1. The Kier molecular flexibility index (Phi) is 4.33. The Hall–Kier alpha value is -0.340. The molecule has 1 rings (SSSR count). The third-order valence-corrected chi connectivity index (χ3v) is 2.63. The van der Waals surface area contributed by atoms with Gasteiger partial charge in [-0.1, -0.05) is 25.0 Å². The van der Waals surface area contributed by atoms with Gasteiger partial charge in [0.25, 0.3) is 0 Å². The van der Waals surface area contributed by atoms with E-state index in [2.05, 4.69) is 18.4 Å². The maximum Gasteiger partial charge on any atom is 0.0417 e. The standard InChI is InChI=1S/C10H20N2/c1-2-10(12-11)9-7-5-3-4-6-8-9/h7,10,12H,2-6,8,11H2,1H3. The van der Waals surface area contributed by atoms with Crippen molar-refractivity contribution in [1.29, 1.82) is 0 Å². The Morgan fingerprint density at radius 1 is 1.50 bits per heavy atom. The maximum atomic E-state index is 5.47. The number of nitrogens with two attached hydrogens (primary N) is 1. The lowest BCUT2D eigenvalue weighted by atomic mass is 10.0. The predicted octanol–water partition coefficient (Wildman–Crippen LogP) is 2.12. The molecule has 3 N–H and O–H groups in total. The Morgan fingerprint density at radius 2 is 2.33 bits per heavy atom. The van der Waals surface area contributed by atoms with Crippen LogP contribution in [0.1, 0.15) is 45.4 Å². The van der Waals surface area contributed by atoms with Gasteiger partial charge in [0.05, 0.1) is 0 Å². The largest absolute Gasteiger partial charge is 0.271 e. The monoisotopic (exact) mass is 168 g/mol. The Morgan fingerprint density at radius 3 is 3.00 bits per heavy atom. The van der Waals surface area contributed by atoms with Crippen molar-refractivity contribution >= 4 is 0 Å². The van der Waals surface area contributed by atoms with Crippen LogP contribution in [0.4, 0.5) is 0 Å². The van der Waals surface area contributed by atoms with E-state index in [1.807, 2.05) is 0 Å².